The molecule has 0 amide bonds. The minimum atomic E-state index is 0. The van der Waals surface area contributed by atoms with E-state index in [1.165, 1.54) is 0 Å². The Morgan fingerprint density at radius 3 is 2.73 bits per heavy atom. The first-order valence-corrected chi connectivity index (χ1v) is 4.59. The number of fused-ring (bicyclic) bond motifs is 1. The Labute approximate surface area is 102 Å². The summed E-state index contributed by atoms with van der Waals surface area (Å²) in [6.07, 6.45) is 2.17. The summed E-state index contributed by atoms with van der Waals surface area (Å²) in [5.41, 5.74) is 0.871. The second kappa shape index (κ2) is 5.15. The van der Waals surface area contributed by atoms with Gasteiger partial charge in [-0.05, 0) is 18.4 Å². The minimum absolute atomic E-state index is 0. The van der Waals surface area contributed by atoms with Crippen molar-refractivity contribution in [2.24, 2.45) is 0 Å². The number of nitrogens with zero attached hydrogens (tertiary/aromatic N) is 1. The van der Waals surface area contributed by atoms with E-state index in [0.29, 0.717) is 6.42 Å². The Morgan fingerprint density at radius 1 is 1.27 bits per heavy atom. The van der Waals surface area contributed by atoms with Gasteiger partial charge in [0.1, 0.15) is 5.78 Å². The SMILES string of the molecule is CC(=O)Cc1nccc2ccccc12.[Ir]. The molecule has 3 heteroatoms. The first-order valence-electron chi connectivity index (χ1n) is 4.59. The van der Waals surface area contributed by atoms with Crippen LogP contribution in [-0.2, 0) is 31.3 Å². The summed E-state index contributed by atoms with van der Waals surface area (Å²) < 4.78 is 0. The van der Waals surface area contributed by atoms with Crippen LogP contribution >= 0.6 is 0 Å². The third kappa shape index (κ3) is 2.71. The van der Waals surface area contributed by atoms with E-state index in [1.54, 1.807) is 13.1 Å². The molecule has 0 aliphatic rings. The van der Waals surface area contributed by atoms with Crippen molar-refractivity contribution in [1.82, 2.24) is 4.98 Å². The molecule has 0 unspecified atom stereocenters. The first-order chi connectivity index (χ1) is 6.77. The van der Waals surface area contributed by atoms with Crippen LogP contribution in [0.15, 0.2) is 36.5 Å². The van der Waals surface area contributed by atoms with Crippen LogP contribution in [0.25, 0.3) is 10.8 Å². The minimum Gasteiger partial charge on any atom is -0.300 e. The van der Waals surface area contributed by atoms with Crippen molar-refractivity contribution in [3.05, 3.63) is 42.2 Å². The standard InChI is InChI=1S/C12H11NO.Ir/c1-9(14)8-12-11-5-3-2-4-10(11)6-7-13-12;/h2-7H,8H2,1H3;. The Hall–Kier alpha value is -1.05. The largest absolute Gasteiger partial charge is 0.300 e. The van der Waals surface area contributed by atoms with Crippen molar-refractivity contribution in [2.45, 2.75) is 13.3 Å². The maximum absolute atomic E-state index is 11.0. The van der Waals surface area contributed by atoms with Gasteiger partial charge < -0.3 is 0 Å². The fourth-order valence-electron chi connectivity index (χ4n) is 1.56. The number of carbonyl (C=O) groups excluding carboxylic acids is 1. The summed E-state index contributed by atoms with van der Waals surface area (Å²) >= 11 is 0. The van der Waals surface area contributed by atoms with Crippen molar-refractivity contribution in [3.63, 3.8) is 0 Å². The molecule has 2 rings (SSSR count). The maximum atomic E-state index is 11.0. The van der Waals surface area contributed by atoms with Crippen LogP contribution in [0.3, 0.4) is 0 Å². The van der Waals surface area contributed by atoms with Crippen LogP contribution in [0.5, 0.6) is 0 Å². The fourth-order valence-corrected chi connectivity index (χ4v) is 1.56. The zero-order valence-electron chi connectivity index (χ0n) is 8.36. The van der Waals surface area contributed by atoms with Crippen molar-refractivity contribution in [1.29, 1.82) is 0 Å². The molecule has 0 fully saturated rings. The van der Waals surface area contributed by atoms with Gasteiger partial charge in [-0.25, -0.2) is 0 Å². The van der Waals surface area contributed by atoms with Gasteiger partial charge in [-0.2, -0.15) is 0 Å². The zero-order valence-corrected chi connectivity index (χ0v) is 10.8. The van der Waals surface area contributed by atoms with Gasteiger partial charge in [-0.3, -0.25) is 9.78 Å². The maximum Gasteiger partial charge on any atom is 0.135 e. The Balaban J connectivity index is 0.00000112. The van der Waals surface area contributed by atoms with Crippen LogP contribution in [0.4, 0.5) is 0 Å². The molecule has 0 saturated carbocycles. The summed E-state index contributed by atoms with van der Waals surface area (Å²) in [7, 11) is 0. The third-order valence-corrected chi connectivity index (χ3v) is 2.17. The van der Waals surface area contributed by atoms with Crippen LogP contribution < -0.4 is 0 Å². The number of hydrogen-bond donors (Lipinski definition) is 0. The molecule has 1 aromatic heterocycles. The number of benzene rings is 1. The van der Waals surface area contributed by atoms with Gasteiger partial charge in [-0.1, -0.05) is 24.3 Å². The molecule has 0 aliphatic heterocycles. The molecule has 79 valence electrons. The number of pyridine rings is 1. The Kier molecular flexibility index (Phi) is 4.13. The average Bonchev–Trinajstić information content (AvgIpc) is 2.18. The Bertz CT molecular complexity index is 477. The van der Waals surface area contributed by atoms with E-state index in [9.17, 15) is 4.79 Å². The van der Waals surface area contributed by atoms with E-state index in [1.807, 2.05) is 30.3 Å². The second-order valence-corrected chi connectivity index (χ2v) is 3.36. The van der Waals surface area contributed by atoms with E-state index < -0.39 is 0 Å². The molecule has 2 aromatic rings. The van der Waals surface area contributed by atoms with E-state index in [-0.39, 0.29) is 25.9 Å². The van der Waals surface area contributed by atoms with Crippen LogP contribution in [-0.4, -0.2) is 10.8 Å². The van der Waals surface area contributed by atoms with E-state index in [0.717, 1.165) is 16.5 Å². The number of Topliss-reactive ketones (excluding diaryl/α,β-unsaturated/α-hetero) is 1. The Morgan fingerprint density at radius 2 is 2.00 bits per heavy atom. The van der Waals surface area contributed by atoms with E-state index in [4.69, 9.17) is 0 Å². The summed E-state index contributed by atoms with van der Waals surface area (Å²) in [5.74, 6) is 0.147. The van der Waals surface area contributed by atoms with Gasteiger partial charge in [0.05, 0.1) is 5.69 Å². The van der Waals surface area contributed by atoms with Gasteiger partial charge >= 0.3 is 0 Å². The normalized spacial score (nSPS) is 9.67. The smallest absolute Gasteiger partial charge is 0.135 e. The molecule has 0 atom stereocenters. The predicted molar refractivity (Wildman–Crippen MR) is 56.1 cm³/mol. The van der Waals surface area contributed by atoms with E-state index in [2.05, 4.69) is 4.98 Å². The van der Waals surface area contributed by atoms with Crippen molar-refractivity contribution < 1.29 is 24.9 Å². The molecule has 1 radical (unpaired) electrons. The number of hydrogen-bond acceptors (Lipinski definition) is 2. The summed E-state index contributed by atoms with van der Waals surface area (Å²) in [6.45, 7) is 1.59. The van der Waals surface area contributed by atoms with Crippen LogP contribution in [0, 0.1) is 0 Å². The topological polar surface area (TPSA) is 30.0 Å². The van der Waals surface area contributed by atoms with Crippen molar-refractivity contribution in [3.8, 4) is 0 Å². The summed E-state index contributed by atoms with van der Waals surface area (Å²) in [5, 5.41) is 2.21. The summed E-state index contributed by atoms with van der Waals surface area (Å²) in [4.78, 5) is 15.2. The monoisotopic (exact) mass is 378 g/mol. The predicted octanol–water partition coefficient (Wildman–Crippen LogP) is 2.36. The van der Waals surface area contributed by atoms with Crippen molar-refractivity contribution in [2.75, 3.05) is 0 Å². The zero-order chi connectivity index (χ0) is 9.97. The molecule has 15 heavy (non-hydrogen) atoms. The van der Waals surface area contributed by atoms with E-state index >= 15 is 0 Å². The number of aromatic nitrogens is 1. The van der Waals surface area contributed by atoms with Gasteiger partial charge in [0, 0.05) is 38.1 Å². The van der Waals surface area contributed by atoms with Crippen LogP contribution in [0.2, 0.25) is 0 Å². The summed E-state index contributed by atoms with van der Waals surface area (Å²) in [6, 6.07) is 9.94. The molecule has 0 N–H and O–H groups in total. The molecular weight excluding hydrogens is 366 g/mol. The number of ketones is 1. The van der Waals surface area contributed by atoms with Gasteiger partial charge in [0.15, 0.2) is 0 Å². The first kappa shape index (κ1) is 12.0. The molecule has 1 aromatic carbocycles. The molecule has 0 bridgehead atoms. The molecule has 1 heterocycles. The third-order valence-electron chi connectivity index (χ3n) is 2.17. The van der Waals surface area contributed by atoms with Gasteiger partial charge in [0.2, 0.25) is 0 Å². The average molecular weight is 377 g/mol. The molecule has 2 nitrogen and oxygen atoms in total. The second-order valence-electron chi connectivity index (χ2n) is 3.36. The van der Waals surface area contributed by atoms with Crippen LogP contribution in [0.1, 0.15) is 12.6 Å². The molecular formula is C12H11IrNO. The molecule has 0 saturated heterocycles. The number of rotatable bonds is 2. The van der Waals surface area contributed by atoms with Gasteiger partial charge in [-0.15, -0.1) is 0 Å². The quantitative estimate of drug-likeness (QED) is 0.804. The molecule has 0 aliphatic carbocycles. The fraction of sp³-hybridized carbons (Fsp3) is 0.167. The molecule has 0 spiro atoms. The van der Waals surface area contributed by atoms with Crippen molar-refractivity contribution >= 4 is 16.6 Å². The number of carbonyl (C=O) groups is 1. The van der Waals surface area contributed by atoms with Gasteiger partial charge in [0.25, 0.3) is 0 Å².